The highest BCUT2D eigenvalue weighted by Gasteiger charge is 2.18. The first-order chi connectivity index (χ1) is 13.6. The van der Waals surface area contributed by atoms with E-state index in [2.05, 4.69) is 5.32 Å². The lowest BCUT2D eigenvalue weighted by Crippen LogP contribution is -2.32. The number of nitrogens with one attached hydrogen (secondary N) is 1. The third kappa shape index (κ3) is 4.76. The second-order valence-corrected chi connectivity index (χ2v) is 6.34. The van der Waals surface area contributed by atoms with Gasteiger partial charge in [0.1, 0.15) is 5.75 Å². The molecule has 0 aliphatic carbocycles. The maximum Gasteiger partial charge on any atom is 0.265 e. The quantitative estimate of drug-likeness (QED) is 0.649. The van der Waals surface area contributed by atoms with E-state index in [1.807, 2.05) is 61.5 Å². The average Bonchev–Trinajstić information content (AvgIpc) is 2.73. The van der Waals surface area contributed by atoms with Crippen molar-refractivity contribution in [2.45, 2.75) is 19.4 Å². The number of amides is 2. The summed E-state index contributed by atoms with van der Waals surface area (Å²) in [7, 11) is 0. The van der Waals surface area contributed by atoms with Gasteiger partial charge in [-0.1, -0.05) is 49.4 Å². The zero-order valence-electron chi connectivity index (χ0n) is 15.6. The molecule has 0 aliphatic heterocycles. The zero-order valence-corrected chi connectivity index (χ0v) is 15.6. The summed E-state index contributed by atoms with van der Waals surface area (Å²) < 4.78 is 5.86. The molecule has 0 fully saturated rings. The minimum atomic E-state index is -0.626. The van der Waals surface area contributed by atoms with Crippen molar-refractivity contribution < 1.29 is 14.3 Å². The molecule has 1 unspecified atom stereocenters. The normalized spacial score (nSPS) is 11.5. The van der Waals surface area contributed by atoms with E-state index in [-0.39, 0.29) is 5.91 Å². The molecule has 142 valence electrons. The first-order valence-corrected chi connectivity index (χ1v) is 9.09. The standard InChI is InChI=1S/C23H22N2O3/c1-2-21(23(27)25-19-12-8-18(9-13-19)22(24)26)28-20-14-10-17(11-15-20)16-6-4-3-5-7-16/h3-15,21H,2H2,1H3,(H2,24,26)(H,25,27). The Balaban J connectivity index is 1.64. The van der Waals surface area contributed by atoms with Crippen LogP contribution in [0.4, 0.5) is 5.69 Å². The van der Waals surface area contributed by atoms with E-state index in [0.717, 1.165) is 11.1 Å². The van der Waals surface area contributed by atoms with Gasteiger partial charge in [-0.2, -0.15) is 0 Å². The second-order valence-electron chi connectivity index (χ2n) is 6.34. The minimum Gasteiger partial charge on any atom is -0.481 e. The van der Waals surface area contributed by atoms with E-state index in [1.54, 1.807) is 24.3 Å². The number of hydrogen-bond donors (Lipinski definition) is 2. The van der Waals surface area contributed by atoms with Gasteiger partial charge in [-0.15, -0.1) is 0 Å². The Morgan fingerprint density at radius 2 is 1.50 bits per heavy atom. The van der Waals surface area contributed by atoms with Gasteiger partial charge in [0, 0.05) is 11.3 Å². The minimum absolute atomic E-state index is 0.249. The lowest BCUT2D eigenvalue weighted by molar-refractivity contribution is -0.122. The summed E-state index contributed by atoms with van der Waals surface area (Å²) in [6.45, 7) is 1.89. The number of carbonyl (C=O) groups excluding carboxylic acids is 2. The molecule has 5 heteroatoms. The van der Waals surface area contributed by atoms with Crippen LogP contribution in [0.1, 0.15) is 23.7 Å². The van der Waals surface area contributed by atoms with Gasteiger partial charge in [0.25, 0.3) is 5.91 Å². The number of hydrogen-bond acceptors (Lipinski definition) is 3. The third-order valence-corrected chi connectivity index (χ3v) is 4.34. The first kappa shape index (κ1) is 19.2. The predicted molar refractivity (Wildman–Crippen MR) is 110 cm³/mol. The summed E-state index contributed by atoms with van der Waals surface area (Å²) in [5, 5.41) is 2.80. The molecule has 0 saturated carbocycles. The van der Waals surface area contributed by atoms with Crippen LogP contribution in [0, 0.1) is 0 Å². The van der Waals surface area contributed by atoms with Crippen LogP contribution in [-0.4, -0.2) is 17.9 Å². The van der Waals surface area contributed by atoms with Crippen LogP contribution in [0.5, 0.6) is 5.75 Å². The molecule has 3 rings (SSSR count). The number of benzene rings is 3. The van der Waals surface area contributed by atoms with Crippen molar-refractivity contribution in [1.29, 1.82) is 0 Å². The van der Waals surface area contributed by atoms with Gasteiger partial charge in [-0.05, 0) is 53.9 Å². The predicted octanol–water partition coefficient (Wildman–Crippen LogP) is 4.25. The summed E-state index contributed by atoms with van der Waals surface area (Å²) in [5.74, 6) is -0.126. The molecule has 0 saturated heterocycles. The summed E-state index contributed by atoms with van der Waals surface area (Å²) in [6.07, 6.45) is -0.107. The number of rotatable bonds is 7. The number of nitrogens with two attached hydrogens (primary N) is 1. The van der Waals surface area contributed by atoms with Crippen molar-refractivity contribution >= 4 is 17.5 Å². The van der Waals surface area contributed by atoms with Gasteiger partial charge in [-0.3, -0.25) is 9.59 Å². The fourth-order valence-electron chi connectivity index (χ4n) is 2.78. The van der Waals surface area contributed by atoms with E-state index in [9.17, 15) is 9.59 Å². The van der Waals surface area contributed by atoms with E-state index in [1.165, 1.54) is 0 Å². The molecular weight excluding hydrogens is 352 g/mol. The molecule has 0 radical (unpaired) electrons. The summed E-state index contributed by atoms with van der Waals surface area (Å²) in [5.41, 5.74) is 8.40. The van der Waals surface area contributed by atoms with Gasteiger partial charge < -0.3 is 15.8 Å². The molecule has 0 aromatic heterocycles. The molecule has 3 N–H and O–H groups in total. The highest BCUT2D eigenvalue weighted by molar-refractivity contribution is 5.96. The Morgan fingerprint density at radius 3 is 2.07 bits per heavy atom. The second kappa shape index (κ2) is 8.86. The van der Waals surface area contributed by atoms with E-state index < -0.39 is 12.0 Å². The Morgan fingerprint density at radius 1 is 0.893 bits per heavy atom. The Kier molecular flexibility index (Phi) is 6.07. The maximum absolute atomic E-state index is 12.5. The van der Waals surface area contributed by atoms with Gasteiger partial charge in [-0.25, -0.2) is 0 Å². The number of primary amides is 1. The van der Waals surface area contributed by atoms with Crippen LogP contribution in [0.3, 0.4) is 0 Å². The van der Waals surface area contributed by atoms with Crippen molar-refractivity contribution in [1.82, 2.24) is 0 Å². The van der Waals surface area contributed by atoms with Crippen LogP contribution in [0.15, 0.2) is 78.9 Å². The van der Waals surface area contributed by atoms with Crippen LogP contribution in [0.25, 0.3) is 11.1 Å². The average molecular weight is 374 g/mol. The van der Waals surface area contributed by atoms with E-state index in [0.29, 0.717) is 23.4 Å². The fraction of sp³-hybridized carbons (Fsp3) is 0.130. The lowest BCUT2D eigenvalue weighted by Gasteiger charge is -2.17. The van der Waals surface area contributed by atoms with Crippen LogP contribution in [-0.2, 0) is 4.79 Å². The molecular formula is C23H22N2O3. The van der Waals surface area contributed by atoms with Gasteiger partial charge in [0.15, 0.2) is 6.10 Å². The topological polar surface area (TPSA) is 81.4 Å². The molecule has 0 bridgehead atoms. The molecule has 28 heavy (non-hydrogen) atoms. The van der Waals surface area contributed by atoms with Crippen molar-refractivity contribution in [2.75, 3.05) is 5.32 Å². The summed E-state index contributed by atoms with van der Waals surface area (Å²) in [6, 6.07) is 24.1. The van der Waals surface area contributed by atoms with Crippen molar-refractivity contribution in [3.63, 3.8) is 0 Å². The first-order valence-electron chi connectivity index (χ1n) is 9.09. The highest BCUT2D eigenvalue weighted by atomic mass is 16.5. The number of carbonyl (C=O) groups is 2. The summed E-state index contributed by atoms with van der Waals surface area (Å²) >= 11 is 0. The van der Waals surface area contributed by atoms with Gasteiger partial charge in [0.2, 0.25) is 5.91 Å². The monoisotopic (exact) mass is 374 g/mol. The Labute approximate surface area is 164 Å². The largest absolute Gasteiger partial charge is 0.481 e. The van der Waals surface area contributed by atoms with Crippen molar-refractivity contribution in [3.05, 3.63) is 84.4 Å². The smallest absolute Gasteiger partial charge is 0.265 e. The number of anilines is 1. The molecule has 1 atom stereocenters. The third-order valence-electron chi connectivity index (χ3n) is 4.34. The highest BCUT2D eigenvalue weighted by Crippen LogP contribution is 2.23. The Bertz CT molecular complexity index is 936. The molecule has 3 aromatic carbocycles. The summed E-state index contributed by atoms with van der Waals surface area (Å²) in [4.78, 5) is 23.6. The zero-order chi connectivity index (χ0) is 19.9. The molecule has 0 aliphatic rings. The van der Waals surface area contributed by atoms with Gasteiger partial charge >= 0.3 is 0 Å². The van der Waals surface area contributed by atoms with Crippen LogP contribution < -0.4 is 15.8 Å². The van der Waals surface area contributed by atoms with E-state index >= 15 is 0 Å². The molecule has 2 amide bonds. The van der Waals surface area contributed by atoms with Crippen LogP contribution in [0.2, 0.25) is 0 Å². The van der Waals surface area contributed by atoms with E-state index in [4.69, 9.17) is 10.5 Å². The molecule has 5 nitrogen and oxygen atoms in total. The van der Waals surface area contributed by atoms with Gasteiger partial charge in [0.05, 0.1) is 0 Å². The van der Waals surface area contributed by atoms with Crippen LogP contribution >= 0.6 is 0 Å². The number of ether oxygens (including phenoxy) is 1. The van der Waals surface area contributed by atoms with Crippen molar-refractivity contribution in [3.8, 4) is 16.9 Å². The van der Waals surface area contributed by atoms with Crippen molar-refractivity contribution in [2.24, 2.45) is 5.73 Å². The fourth-order valence-corrected chi connectivity index (χ4v) is 2.78. The Hall–Kier alpha value is -3.60. The SMILES string of the molecule is CCC(Oc1ccc(-c2ccccc2)cc1)C(=O)Nc1ccc(C(N)=O)cc1. The molecule has 0 heterocycles. The lowest BCUT2D eigenvalue weighted by atomic mass is 10.1. The maximum atomic E-state index is 12.5. The molecule has 0 spiro atoms. The molecule has 3 aromatic rings.